The monoisotopic (exact) mass is 464 g/mol. The van der Waals surface area contributed by atoms with Gasteiger partial charge in [0.15, 0.2) is 0 Å². The summed E-state index contributed by atoms with van der Waals surface area (Å²) < 4.78 is 41.3. The lowest BCUT2D eigenvalue weighted by Crippen LogP contribution is -2.34. The maximum Gasteiger partial charge on any atom is 0.573 e. The third-order valence-corrected chi connectivity index (χ3v) is 9.26. The molecule has 0 bridgehead atoms. The molecule has 0 amide bonds. The number of alkyl halides is 3. The predicted octanol–water partition coefficient (Wildman–Crippen LogP) is 9.66. The molecule has 3 fully saturated rings. The Morgan fingerprint density at radius 2 is 1.33 bits per heavy atom. The molecule has 33 heavy (non-hydrogen) atoms. The van der Waals surface area contributed by atoms with Gasteiger partial charge in [0.25, 0.3) is 0 Å². The molecule has 1 aromatic carbocycles. The topological polar surface area (TPSA) is 9.23 Å². The van der Waals surface area contributed by atoms with Crippen molar-refractivity contribution >= 4 is 0 Å². The molecule has 0 aliphatic heterocycles. The number of hydrogen-bond acceptors (Lipinski definition) is 1. The molecule has 4 heteroatoms. The van der Waals surface area contributed by atoms with Gasteiger partial charge in [-0.1, -0.05) is 64.0 Å². The van der Waals surface area contributed by atoms with Gasteiger partial charge >= 0.3 is 6.36 Å². The fourth-order valence-corrected chi connectivity index (χ4v) is 7.41. The van der Waals surface area contributed by atoms with Gasteiger partial charge in [-0.15, -0.1) is 13.2 Å². The molecule has 0 spiro atoms. The lowest BCUT2D eigenvalue weighted by molar-refractivity contribution is -0.274. The van der Waals surface area contributed by atoms with E-state index < -0.39 is 6.36 Å². The Labute approximate surface area is 198 Å². The van der Waals surface area contributed by atoms with Crippen LogP contribution < -0.4 is 4.74 Å². The summed E-state index contributed by atoms with van der Waals surface area (Å²) in [5.41, 5.74) is 1.18. The highest BCUT2D eigenvalue weighted by atomic mass is 19.4. The van der Waals surface area contributed by atoms with Crippen molar-refractivity contribution in [3.63, 3.8) is 0 Å². The van der Waals surface area contributed by atoms with Crippen LogP contribution in [-0.2, 0) is 0 Å². The summed E-state index contributed by atoms with van der Waals surface area (Å²) >= 11 is 0. The molecule has 0 saturated heterocycles. The lowest BCUT2D eigenvalue weighted by atomic mass is 9.60. The second-order valence-corrected chi connectivity index (χ2v) is 11.4. The first kappa shape index (κ1) is 24.9. The minimum absolute atomic E-state index is 0.115. The van der Waals surface area contributed by atoms with Crippen LogP contribution in [0, 0.1) is 29.6 Å². The highest BCUT2D eigenvalue weighted by molar-refractivity contribution is 5.30. The quantitative estimate of drug-likeness (QED) is 0.348. The van der Waals surface area contributed by atoms with E-state index in [1.54, 1.807) is 0 Å². The van der Waals surface area contributed by atoms with Crippen molar-refractivity contribution in [2.75, 3.05) is 0 Å². The number of benzene rings is 1. The zero-order valence-electron chi connectivity index (χ0n) is 20.4. The number of hydrogen-bond donors (Lipinski definition) is 0. The van der Waals surface area contributed by atoms with E-state index in [1.807, 2.05) is 12.1 Å². The third-order valence-electron chi connectivity index (χ3n) is 9.26. The average molecular weight is 465 g/mol. The van der Waals surface area contributed by atoms with Gasteiger partial charge in [-0.2, -0.15) is 0 Å². The first-order chi connectivity index (χ1) is 15.9. The van der Waals surface area contributed by atoms with Gasteiger partial charge in [0.1, 0.15) is 5.75 Å². The van der Waals surface area contributed by atoms with Crippen LogP contribution in [0.15, 0.2) is 24.3 Å². The van der Waals surface area contributed by atoms with Gasteiger partial charge in [-0.3, -0.25) is 0 Å². The van der Waals surface area contributed by atoms with E-state index in [9.17, 15) is 13.2 Å². The van der Waals surface area contributed by atoms with Crippen molar-refractivity contribution in [1.82, 2.24) is 0 Å². The SMILES string of the molecule is CCCCCCC1CCC(C2CCC3CC(c4ccc(OC(F)(F)F)cc4)CCC3C2)CC1. The summed E-state index contributed by atoms with van der Waals surface area (Å²) in [6.45, 7) is 2.29. The van der Waals surface area contributed by atoms with Crippen LogP contribution in [0.2, 0.25) is 0 Å². The normalized spacial score (nSPS) is 32.8. The minimum Gasteiger partial charge on any atom is -0.406 e. The number of fused-ring (bicyclic) bond motifs is 1. The van der Waals surface area contributed by atoms with E-state index >= 15 is 0 Å². The Hall–Kier alpha value is -1.19. The Balaban J connectivity index is 1.21. The second kappa shape index (κ2) is 11.5. The molecular weight excluding hydrogens is 421 g/mol. The van der Waals surface area contributed by atoms with E-state index in [0.717, 1.165) is 29.6 Å². The highest BCUT2D eigenvalue weighted by Crippen LogP contribution is 2.51. The highest BCUT2D eigenvalue weighted by Gasteiger charge is 2.39. The van der Waals surface area contributed by atoms with Gasteiger partial charge in [0.05, 0.1) is 0 Å². The molecule has 0 N–H and O–H groups in total. The predicted molar refractivity (Wildman–Crippen MR) is 128 cm³/mol. The minimum atomic E-state index is -4.62. The zero-order chi connectivity index (χ0) is 23.3. The Morgan fingerprint density at radius 1 is 0.727 bits per heavy atom. The van der Waals surface area contributed by atoms with Gasteiger partial charge in [-0.05, 0) is 105 Å². The van der Waals surface area contributed by atoms with E-state index in [2.05, 4.69) is 11.7 Å². The maximum atomic E-state index is 12.4. The van der Waals surface area contributed by atoms with Crippen LogP contribution in [-0.4, -0.2) is 6.36 Å². The number of rotatable bonds is 8. The smallest absolute Gasteiger partial charge is 0.406 e. The van der Waals surface area contributed by atoms with E-state index in [4.69, 9.17) is 0 Å². The van der Waals surface area contributed by atoms with Crippen LogP contribution >= 0.6 is 0 Å². The van der Waals surface area contributed by atoms with Crippen LogP contribution in [0.1, 0.15) is 115 Å². The molecule has 0 radical (unpaired) electrons. The van der Waals surface area contributed by atoms with Gasteiger partial charge in [0, 0.05) is 0 Å². The zero-order valence-corrected chi connectivity index (χ0v) is 20.4. The third kappa shape index (κ3) is 7.15. The van der Waals surface area contributed by atoms with Crippen LogP contribution in [0.3, 0.4) is 0 Å². The van der Waals surface area contributed by atoms with E-state index in [-0.39, 0.29) is 5.75 Å². The molecule has 186 valence electrons. The van der Waals surface area contributed by atoms with E-state index in [1.165, 1.54) is 114 Å². The molecule has 4 atom stereocenters. The summed E-state index contributed by atoms with van der Waals surface area (Å²) in [7, 11) is 0. The number of halogens is 3. The largest absolute Gasteiger partial charge is 0.573 e. The molecule has 3 aliphatic rings. The second-order valence-electron chi connectivity index (χ2n) is 11.4. The summed E-state index contributed by atoms with van der Waals surface area (Å²) in [5.74, 6) is 4.97. The Kier molecular flexibility index (Phi) is 8.68. The summed E-state index contributed by atoms with van der Waals surface area (Å²) in [5, 5.41) is 0. The molecule has 4 rings (SSSR count). The summed E-state index contributed by atoms with van der Waals surface area (Å²) in [6, 6.07) is 6.65. The first-order valence-corrected chi connectivity index (χ1v) is 13.8. The molecule has 3 saturated carbocycles. The fraction of sp³-hybridized carbons (Fsp3) is 0.793. The lowest BCUT2D eigenvalue weighted by Gasteiger charge is -2.45. The molecule has 0 heterocycles. The van der Waals surface area contributed by atoms with Crippen molar-refractivity contribution in [3.8, 4) is 5.75 Å². The van der Waals surface area contributed by atoms with Gasteiger partial charge in [-0.25, -0.2) is 0 Å². The van der Waals surface area contributed by atoms with Crippen molar-refractivity contribution in [2.24, 2.45) is 29.6 Å². The fourth-order valence-electron chi connectivity index (χ4n) is 7.41. The van der Waals surface area contributed by atoms with Gasteiger partial charge in [0.2, 0.25) is 0 Å². The molecule has 3 aliphatic carbocycles. The van der Waals surface area contributed by atoms with Crippen molar-refractivity contribution in [3.05, 3.63) is 29.8 Å². The first-order valence-electron chi connectivity index (χ1n) is 13.8. The molecular formula is C29H43F3O. The number of ether oxygens (including phenoxy) is 1. The van der Waals surface area contributed by atoms with Crippen LogP contribution in [0.4, 0.5) is 13.2 Å². The average Bonchev–Trinajstić information content (AvgIpc) is 2.81. The summed E-state index contributed by atoms with van der Waals surface area (Å²) in [6.07, 6.45) is 16.2. The Bertz CT molecular complexity index is 705. The van der Waals surface area contributed by atoms with Crippen molar-refractivity contribution in [1.29, 1.82) is 0 Å². The molecule has 1 aromatic rings. The van der Waals surface area contributed by atoms with Crippen LogP contribution in [0.25, 0.3) is 0 Å². The Morgan fingerprint density at radius 3 is 2.00 bits per heavy atom. The van der Waals surface area contributed by atoms with Gasteiger partial charge < -0.3 is 4.74 Å². The molecule has 0 aromatic heterocycles. The van der Waals surface area contributed by atoms with Crippen LogP contribution in [0.5, 0.6) is 5.75 Å². The maximum absolute atomic E-state index is 12.4. The number of unbranched alkanes of at least 4 members (excludes halogenated alkanes) is 3. The van der Waals surface area contributed by atoms with Crippen molar-refractivity contribution in [2.45, 2.75) is 116 Å². The molecule has 4 unspecified atom stereocenters. The van der Waals surface area contributed by atoms with Crippen molar-refractivity contribution < 1.29 is 17.9 Å². The summed E-state index contributed by atoms with van der Waals surface area (Å²) in [4.78, 5) is 0. The molecule has 1 nitrogen and oxygen atoms in total. The standard InChI is InChI=1S/C29H43F3O/c1-2-3-4-5-6-21-7-9-22(10-8-21)24-11-13-27-20-25(12-14-26(27)19-24)23-15-17-28(18-16-23)33-29(30,31)32/h15-18,21-22,24-27H,2-14,19-20H2,1H3. The van der Waals surface area contributed by atoms with E-state index in [0.29, 0.717) is 5.92 Å².